The van der Waals surface area contributed by atoms with E-state index < -0.39 is 10.1 Å². The average Bonchev–Trinajstić information content (AvgIpc) is 2.86. The zero-order valence-electron chi connectivity index (χ0n) is 25.7. The zero-order valence-corrected chi connectivity index (χ0v) is 26.5. The summed E-state index contributed by atoms with van der Waals surface area (Å²) in [4.78, 5) is 0. The second-order valence-corrected chi connectivity index (χ2v) is 13.5. The van der Waals surface area contributed by atoms with Crippen LogP contribution in [-0.4, -0.2) is 43.8 Å². The van der Waals surface area contributed by atoms with E-state index in [2.05, 4.69) is 58.3 Å². The molecule has 0 saturated carbocycles. The molecule has 224 valence electrons. The van der Waals surface area contributed by atoms with Crippen molar-refractivity contribution in [1.82, 2.24) is 0 Å². The van der Waals surface area contributed by atoms with Gasteiger partial charge < -0.3 is 9.04 Å². The average molecular weight is 554 g/mol. The molecule has 0 saturated heterocycles. The Morgan fingerprint density at radius 1 is 0.579 bits per heavy atom. The molecule has 1 rings (SSSR count). The summed E-state index contributed by atoms with van der Waals surface area (Å²) in [5, 5.41) is 0. The van der Waals surface area contributed by atoms with E-state index in [0.29, 0.717) is 6.42 Å². The summed E-state index contributed by atoms with van der Waals surface area (Å²) >= 11 is 0. The summed E-state index contributed by atoms with van der Waals surface area (Å²) in [6.07, 6.45) is 25.7. The molecule has 0 aromatic heterocycles. The lowest BCUT2D eigenvalue weighted by Crippen LogP contribution is -2.39. The summed E-state index contributed by atoms with van der Waals surface area (Å²) < 4.78 is 32.0. The van der Waals surface area contributed by atoms with E-state index in [1.165, 1.54) is 121 Å². The van der Waals surface area contributed by atoms with Crippen LogP contribution in [0.2, 0.25) is 0 Å². The van der Waals surface area contributed by atoms with Crippen molar-refractivity contribution in [3.63, 3.8) is 0 Å². The normalized spacial score (nSPS) is 11.8. The standard InChI is InChI=1S/C21H38N.C12H26O3S/c1-4-5-6-7-8-9-10-11-12-16-19-22(2,3)20-21-17-14-13-15-18-21;1-2-3-4-5-6-7-8-9-10-11-12-16(13,14)15/h13-15,17-18H,4-12,16,19-20H2,1-3H3;2-12H2,1H3,(H,13,14,15)/q+1;/p-1. The molecule has 0 N–H and O–H groups in total. The van der Waals surface area contributed by atoms with Crippen molar-refractivity contribution >= 4 is 10.1 Å². The minimum Gasteiger partial charge on any atom is -0.748 e. The van der Waals surface area contributed by atoms with Crippen LogP contribution in [0.5, 0.6) is 0 Å². The fraction of sp³-hybridized carbons (Fsp3) is 0.818. The van der Waals surface area contributed by atoms with Crippen molar-refractivity contribution in [3.8, 4) is 0 Å². The Morgan fingerprint density at radius 3 is 1.34 bits per heavy atom. The smallest absolute Gasteiger partial charge is 0.104 e. The highest BCUT2D eigenvalue weighted by Gasteiger charge is 2.14. The second kappa shape index (κ2) is 25.1. The lowest BCUT2D eigenvalue weighted by atomic mass is 10.1. The van der Waals surface area contributed by atoms with Gasteiger partial charge in [-0.3, -0.25) is 0 Å². The van der Waals surface area contributed by atoms with E-state index >= 15 is 0 Å². The number of hydrogen-bond acceptors (Lipinski definition) is 3. The molecule has 0 aliphatic rings. The van der Waals surface area contributed by atoms with Crippen molar-refractivity contribution in [2.75, 3.05) is 26.4 Å². The fourth-order valence-electron chi connectivity index (χ4n) is 4.95. The molecule has 1 aromatic carbocycles. The third-order valence-corrected chi connectivity index (χ3v) is 8.11. The summed E-state index contributed by atoms with van der Waals surface area (Å²) in [6.45, 7) is 6.95. The molecule has 1 aromatic rings. The van der Waals surface area contributed by atoms with Crippen LogP contribution in [0.1, 0.15) is 148 Å². The Labute approximate surface area is 238 Å². The molecule has 0 radical (unpaired) electrons. The number of rotatable bonds is 24. The monoisotopic (exact) mass is 553 g/mol. The minimum absolute atomic E-state index is 0.191. The van der Waals surface area contributed by atoms with E-state index in [1.54, 1.807) is 0 Å². The first kappa shape index (κ1) is 37.1. The van der Waals surface area contributed by atoms with Gasteiger partial charge in [0.25, 0.3) is 0 Å². The predicted octanol–water partition coefficient (Wildman–Crippen LogP) is 9.64. The van der Waals surface area contributed by atoms with Gasteiger partial charge in [-0.1, -0.05) is 153 Å². The van der Waals surface area contributed by atoms with Crippen LogP contribution >= 0.6 is 0 Å². The molecule has 0 amide bonds. The van der Waals surface area contributed by atoms with E-state index in [1.807, 2.05) is 0 Å². The first-order valence-electron chi connectivity index (χ1n) is 16.0. The molecule has 0 spiro atoms. The van der Waals surface area contributed by atoms with Crippen molar-refractivity contribution in [2.24, 2.45) is 0 Å². The third kappa shape index (κ3) is 28.1. The Kier molecular flexibility index (Phi) is 24.5. The maximum absolute atomic E-state index is 10.3. The molecule has 0 unspecified atom stereocenters. The minimum atomic E-state index is -3.98. The largest absolute Gasteiger partial charge is 0.748 e. The van der Waals surface area contributed by atoms with Crippen LogP contribution in [0.25, 0.3) is 0 Å². The van der Waals surface area contributed by atoms with Gasteiger partial charge in [-0.15, -0.1) is 0 Å². The highest BCUT2D eigenvalue weighted by molar-refractivity contribution is 7.85. The van der Waals surface area contributed by atoms with Crippen LogP contribution in [0.15, 0.2) is 30.3 Å². The molecule has 0 heterocycles. The number of quaternary nitrogens is 1. The summed E-state index contributed by atoms with van der Waals surface area (Å²) in [6, 6.07) is 10.9. The maximum Gasteiger partial charge on any atom is 0.104 e. The van der Waals surface area contributed by atoms with E-state index in [9.17, 15) is 13.0 Å². The van der Waals surface area contributed by atoms with Crippen molar-refractivity contribution in [2.45, 2.75) is 149 Å². The van der Waals surface area contributed by atoms with Crippen LogP contribution in [0.4, 0.5) is 0 Å². The van der Waals surface area contributed by atoms with Crippen molar-refractivity contribution < 1.29 is 17.5 Å². The summed E-state index contributed by atoms with van der Waals surface area (Å²) in [5.41, 5.74) is 1.46. The highest BCUT2D eigenvalue weighted by atomic mass is 32.2. The Bertz CT molecular complexity index is 719. The molecule has 0 fully saturated rings. The fourth-order valence-corrected chi connectivity index (χ4v) is 5.51. The molecule has 4 nitrogen and oxygen atoms in total. The number of hydrogen-bond donors (Lipinski definition) is 0. The quantitative estimate of drug-likeness (QED) is 0.0727. The Hall–Kier alpha value is -0.910. The molecule has 0 bridgehead atoms. The molecule has 0 aliphatic heterocycles. The van der Waals surface area contributed by atoms with Gasteiger partial charge in [0, 0.05) is 11.3 Å². The third-order valence-electron chi connectivity index (χ3n) is 7.32. The lowest BCUT2D eigenvalue weighted by molar-refractivity contribution is -0.903. The van der Waals surface area contributed by atoms with Gasteiger partial charge in [0.1, 0.15) is 6.54 Å². The predicted molar refractivity (Wildman–Crippen MR) is 165 cm³/mol. The van der Waals surface area contributed by atoms with Crippen LogP contribution < -0.4 is 0 Å². The van der Waals surface area contributed by atoms with Crippen LogP contribution in [-0.2, 0) is 16.7 Å². The van der Waals surface area contributed by atoms with E-state index in [0.717, 1.165) is 23.9 Å². The van der Waals surface area contributed by atoms with Gasteiger partial charge >= 0.3 is 0 Å². The first-order valence-corrected chi connectivity index (χ1v) is 17.6. The molecule has 0 aliphatic carbocycles. The number of benzene rings is 1. The van der Waals surface area contributed by atoms with Gasteiger partial charge in [-0.05, 0) is 19.3 Å². The molecule has 0 atom stereocenters. The summed E-state index contributed by atoms with van der Waals surface area (Å²) in [7, 11) is 0.742. The van der Waals surface area contributed by atoms with Crippen LogP contribution in [0, 0.1) is 0 Å². The van der Waals surface area contributed by atoms with Gasteiger partial charge in [0.2, 0.25) is 0 Å². The first-order chi connectivity index (χ1) is 18.2. The van der Waals surface area contributed by atoms with Crippen LogP contribution in [0.3, 0.4) is 0 Å². The molecular weight excluding hydrogens is 490 g/mol. The molecule has 38 heavy (non-hydrogen) atoms. The Morgan fingerprint density at radius 2 is 0.947 bits per heavy atom. The number of nitrogens with zero attached hydrogens (tertiary/aromatic N) is 1. The van der Waals surface area contributed by atoms with E-state index in [4.69, 9.17) is 0 Å². The van der Waals surface area contributed by atoms with Gasteiger partial charge in [0.15, 0.2) is 0 Å². The topological polar surface area (TPSA) is 57.2 Å². The SMILES string of the molecule is CCCCCCCCCCCCS(=O)(=O)[O-].CCCCCCCCCCCC[N+](C)(C)Cc1ccccc1. The number of unbranched alkanes of at least 4 members (excludes halogenated alkanes) is 18. The van der Waals surface area contributed by atoms with Crippen molar-refractivity contribution in [3.05, 3.63) is 35.9 Å². The van der Waals surface area contributed by atoms with Gasteiger partial charge in [-0.2, -0.15) is 0 Å². The molecule has 5 heteroatoms. The molecular formula is C33H63NO3S. The van der Waals surface area contributed by atoms with Gasteiger partial charge in [0.05, 0.1) is 30.8 Å². The zero-order chi connectivity index (χ0) is 28.4. The Balaban J connectivity index is 0.000000761. The highest BCUT2D eigenvalue weighted by Crippen LogP contribution is 2.14. The summed E-state index contributed by atoms with van der Waals surface area (Å²) in [5.74, 6) is -0.191. The maximum atomic E-state index is 10.3. The van der Waals surface area contributed by atoms with E-state index in [-0.39, 0.29) is 5.75 Å². The lowest BCUT2D eigenvalue weighted by Gasteiger charge is -2.30. The van der Waals surface area contributed by atoms with Crippen molar-refractivity contribution in [1.29, 1.82) is 0 Å². The second-order valence-electron chi connectivity index (χ2n) is 11.9. The van der Waals surface area contributed by atoms with Gasteiger partial charge in [-0.25, -0.2) is 8.42 Å².